The first-order chi connectivity index (χ1) is 9.03. The van der Waals surface area contributed by atoms with Crippen molar-refractivity contribution in [2.45, 2.75) is 19.4 Å². The molecule has 0 aliphatic carbocycles. The van der Waals surface area contributed by atoms with E-state index in [0.717, 1.165) is 11.3 Å². The van der Waals surface area contributed by atoms with Crippen molar-refractivity contribution in [2.75, 3.05) is 11.9 Å². The van der Waals surface area contributed by atoms with Crippen molar-refractivity contribution >= 4 is 5.69 Å². The number of aliphatic hydroxyl groups is 1. The number of aliphatic hydroxyl groups excluding tert-OH is 1. The zero-order chi connectivity index (χ0) is 13.9. The van der Waals surface area contributed by atoms with Gasteiger partial charge in [0.2, 0.25) is 0 Å². The third-order valence-corrected chi connectivity index (χ3v) is 3.25. The summed E-state index contributed by atoms with van der Waals surface area (Å²) in [5.41, 5.74) is 2.07. The second-order valence-corrected chi connectivity index (χ2v) is 4.99. The Kier molecular flexibility index (Phi) is 3.86. The van der Waals surface area contributed by atoms with Crippen LogP contribution in [0.25, 0.3) is 0 Å². The van der Waals surface area contributed by atoms with E-state index in [1.54, 1.807) is 12.1 Å². The van der Waals surface area contributed by atoms with Gasteiger partial charge in [-0.15, -0.1) is 0 Å². The number of nitrogens with one attached hydrogen (secondary N) is 1. The van der Waals surface area contributed by atoms with E-state index in [2.05, 4.69) is 5.32 Å². The average molecular weight is 259 g/mol. The summed E-state index contributed by atoms with van der Waals surface area (Å²) in [6.45, 7) is 3.74. The molecule has 0 bridgehead atoms. The summed E-state index contributed by atoms with van der Waals surface area (Å²) in [7, 11) is 0. The summed E-state index contributed by atoms with van der Waals surface area (Å²) in [5, 5.41) is 12.9. The van der Waals surface area contributed by atoms with E-state index in [1.807, 2.05) is 38.1 Å². The largest absolute Gasteiger partial charge is 0.394 e. The van der Waals surface area contributed by atoms with Gasteiger partial charge in [0.15, 0.2) is 0 Å². The highest BCUT2D eigenvalue weighted by Gasteiger charge is 2.25. The van der Waals surface area contributed by atoms with E-state index in [9.17, 15) is 9.50 Å². The third kappa shape index (κ3) is 3.12. The predicted molar refractivity (Wildman–Crippen MR) is 75.6 cm³/mol. The molecule has 2 aromatic rings. The van der Waals surface area contributed by atoms with Crippen LogP contribution in [0, 0.1) is 12.7 Å². The van der Waals surface area contributed by atoms with Gasteiger partial charge in [-0.1, -0.05) is 29.8 Å². The number of anilines is 1. The quantitative estimate of drug-likeness (QED) is 0.881. The molecule has 0 amide bonds. The lowest BCUT2D eigenvalue weighted by atomic mass is 9.92. The minimum absolute atomic E-state index is 0.121. The average Bonchev–Trinajstić information content (AvgIpc) is 2.41. The van der Waals surface area contributed by atoms with E-state index >= 15 is 0 Å². The molecule has 0 radical (unpaired) electrons. The Bertz CT molecular complexity index is 553. The topological polar surface area (TPSA) is 32.3 Å². The lowest BCUT2D eigenvalue weighted by molar-refractivity contribution is 0.224. The normalized spacial score (nSPS) is 13.9. The molecular weight excluding hydrogens is 241 g/mol. The zero-order valence-corrected chi connectivity index (χ0v) is 11.2. The molecule has 0 spiro atoms. The van der Waals surface area contributed by atoms with Crippen LogP contribution in [0.1, 0.15) is 18.1 Å². The summed E-state index contributed by atoms with van der Waals surface area (Å²) in [5.74, 6) is -0.303. The molecule has 2 aromatic carbocycles. The fourth-order valence-electron chi connectivity index (χ4n) is 1.99. The number of halogens is 1. The first-order valence-electron chi connectivity index (χ1n) is 6.25. The summed E-state index contributed by atoms with van der Waals surface area (Å²) >= 11 is 0. The van der Waals surface area contributed by atoms with Crippen LogP contribution >= 0.6 is 0 Å². The van der Waals surface area contributed by atoms with Crippen LogP contribution in [0.5, 0.6) is 0 Å². The highest BCUT2D eigenvalue weighted by atomic mass is 19.1. The molecule has 19 heavy (non-hydrogen) atoms. The maximum Gasteiger partial charge on any atom is 0.123 e. The molecule has 1 unspecified atom stereocenters. The first-order valence-corrected chi connectivity index (χ1v) is 6.25. The maximum atomic E-state index is 13.3. The van der Waals surface area contributed by atoms with Gasteiger partial charge in [-0.3, -0.25) is 0 Å². The molecule has 100 valence electrons. The van der Waals surface area contributed by atoms with E-state index in [-0.39, 0.29) is 12.4 Å². The van der Waals surface area contributed by atoms with E-state index in [1.165, 1.54) is 17.7 Å². The highest BCUT2D eigenvalue weighted by Crippen LogP contribution is 2.26. The van der Waals surface area contributed by atoms with Gasteiger partial charge >= 0.3 is 0 Å². The predicted octanol–water partition coefficient (Wildman–Crippen LogP) is 3.45. The van der Waals surface area contributed by atoms with E-state index < -0.39 is 5.54 Å². The molecule has 2 rings (SSSR count). The Hall–Kier alpha value is -1.87. The van der Waals surface area contributed by atoms with Crippen molar-refractivity contribution in [1.29, 1.82) is 0 Å². The smallest absolute Gasteiger partial charge is 0.123 e. The lowest BCUT2D eigenvalue weighted by Gasteiger charge is -2.30. The minimum atomic E-state index is -0.711. The van der Waals surface area contributed by atoms with Gasteiger partial charge in [-0.2, -0.15) is 0 Å². The Morgan fingerprint density at radius 1 is 1.16 bits per heavy atom. The van der Waals surface area contributed by atoms with E-state index in [0.29, 0.717) is 0 Å². The number of benzene rings is 2. The molecule has 2 nitrogen and oxygen atoms in total. The van der Waals surface area contributed by atoms with Gasteiger partial charge in [-0.05, 0) is 43.7 Å². The molecule has 0 aliphatic rings. The second kappa shape index (κ2) is 5.41. The summed E-state index contributed by atoms with van der Waals surface area (Å²) < 4.78 is 13.3. The Balaban J connectivity index is 2.30. The monoisotopic (exact) mass is 259 g/mol. The standard InChI is InChI=1S/C16H18FNO/c1-12-6-8-15(9-7-12)18-16(2,11-19)13-4-3-5-14(17)10-13/h3-10,18-19H,11H2,1-2H3. The van der Waals surface area contributed by atoms with Gasteiger partial charge in [0, 0.05) is 5.69 Å². The second-order valence-electron chi connectivity index (χ2n) is 4.99. The van der Waals surface area contributed by atoms with Crippen LogP contribution in [0.4, 0.5) is 10.1 Å². The van der Waals surface area contributed by atoms with Crippen molar-refractivity contribution in [3.05, 3.63) is 65.5 Å². The van der Waals surface area contributed by atoms with Crippen molar-refractivity contribution in [3.63, 3.8) is 0 Å². The molecule has 0 fully saturated rings. The van der Waals surface area contributed by atoms with Crippen molar-refractivity contribution in [2.24, 2.45) is 0 Å². The first kappa shape index (κ1) is 13.6. The van der Waals surface area contributed by atoms with Gasteiger partial charge < -0.3 is 10.4 Å². The van der Waals surface area contributed by atoms with Crippen molar-refractivity contribution in [3.8, 4) is 0 Å². The van der Waals surface area contributed by atoms with Gasteiger partial charge in [0.05, 0.1) is 12.1 Å². The number of hydrogen-bond donors (Lipinski definition) is 2. The van der Waals surface area contributed by atoms with Crippen LogP contribution in [0.15, 0.2) is 48.5 Å². The molecule has 0 aliphatic heterocycles. The Morgan fingerprint density at radius 2 is 1.84 bits per heavy atom. The number of hydrogen-bond acceptors (Lipinski definition) is 2. The minimum Gasteiger partial charge on any atom is -0.394 e. The molecular formula is C16H18FNO. The summed E-state index contributed by atoms with van der Waals surface area (Å²) in [6.07, 6.45) is 0. The molecule has 0 saturated carbocycles. The Labute approximate surface area is 112 Å². The summed E-state index contributed by atoms with van der Waals surface area (Å²) in [6, 6.07) is 14.2. The third-order valence-electron chi connectivity index (χ3n) is 3.25. The molecule has 0 heterocycles. The fraction of sp³-hybridized carbons (Fsp3) is 0.250. The van der Waals surface area contributed by atoms with Crippen molar-refractivity contribution < 1.29 is 9.50 Å². The summed E-state index contributed by atoms with van der Waals surface area (Å²) in [4.78, 5) is 0. The molecule has 1 atom stereocenters. The van der Waals surface area contributed by atoms with Gasteiger partial charge in [-0.25, -0.2) is 4.39 Å². The fourth-order valence-corrected chi connectivity index (χ4v) is 1.99. The zero-order valence-electron chi connectivity index (χ0n) is 11.2. The molecule has 0 saturated heterocycles. The van der Waals surface area contributed by atoms with Crippen LogP contribution in [-0.2, 0) is 5.54 Å². The maximum absolute atomic E-state index is 13.3. The van der Waals surface area contributed by atoms with Crippen LogP contribution in [-0.4, -0.2) is 11.7 Å². The van der Waals surface area contributed by atoms with Crippen LogP contribution in [0.2, 0.25) is 0 Å². The van der Waals surface area contributed by atoms with Crippen LogP contribution in [0.3, 0.4) is 0 Å². The van der Waals surface area contributed by atoms with Crippen molar-refractivity contribution in [1.82, 2.24) is 0 Å². The number of rotatable bonds is 4. The number of aryl methyl sites for hydroxylation is 1. The molecule has 3 heteroatoms. The SMILES string of the molecule is Cc1ccc(NC(C)(CO)c2cccc(F)c2)cc1. The molecule has 0 aromatic heterocycles. The highest BCUT2D eigenvalue weighted by molar-refractivity contribution is 5.48. The molecule has 2 N–H and O–H groups in total. The van der Waals surface area contributed by atoms with Crippen LogP contribution < -0.4 is 5.32 Å². The Morgan fingerprint density at radius 3 is 2.42 bits per heavy atom. The van der Waals surface area contributed by atoms with Gasteiger partial charge in [0.25, 0.3) is 0 Å². The van der Waals surface area contributed by atoms with E-state index in [4.69, 9.17) is 0 Å². The van der Waals surface area contributed by atoms with Gasteiger partial charge in [0.1, 0.15) is 5.82 Å². The lowest BCUT2D eigenvalue weighted by Crippen LogP contribution is -2.35.